The van der Waals surface area contributed by atoms with E-state index >= 15 is 0 Å². The van der Waals surface area contributed by atoms with E-state index in [0.717, 1.165) is 12.1 Å². The van der Waals surface area contributed by atoms with Gasteiger partial charge in [-0.05, 0) is 19.4 Å². The van der Waals surface area contributed by atoms with Gasteiger partial charge in [-0.15, -0.1) is 0 Å². The van der Waals surface area contributed by atoms with Crippen LogP contribution in [0.25, 0.3) is 0 Å². The zero-order valence-corrected chi connectivity index (χ0v) is 7.85. The smallest absolute Gasteiger partial charge is 0.157 e. The predicted octanol–water partition coefficient (Wildman–Crippen LogP) is 1.82. The Morgan fingerprint density at radius 2 is 2.00 bits per heavy atom. The van der Waals surface area contributed by atoms with Gasteiger partial charge in [0, 0.05) is 26.2 Å². The quantitative estimate of drug-likeness (QED) is 0.577. The summed E-state index contributed by atoms with van der Waals surface area (Å²) < 4.78 is 0. The molecule has 11 heavy (non-hydrogen) atoms. The third-order valence-electron chi connectivity index (χ3n) is 1.57. The van der Waals surface area contributed by atoms with E-state index in [9.17, 15) is 4.79 Å². The fraction of sp³-hybridized carbons (Fsp3) is 0.667. The SMILES string of the molecule is CCCC(=O)/C=C(/C)N(C)C. The standard InChI is InChI=1S/C9H17NO/c1-5-6-9(11)7-8(2)10(3)4/h7H,5-6H2,1-4H3/b8-7-. The van der Waals surface area contributed by atoms with E-state index in [-0.39, 0.29) is 5.78 Å². The van der Waals surface area contributed by atoms with E-state index in [4.69, 9.17) is 0 Å². The highest BCUT2D eigenvalue weighted by Crippen LogP contribution is 1.99. The van der Waals surface area contributed by atoms with Crippen LogP contribution >= 0.6 is 0 Å². The molecule has 0 aromatic heterocycles. The van der Waals surface area contributed by atoms with Crippen molar-refractivity contribution in [3.8, 4) is 0 Å². The molecule has 2 heteroatoms. The maximum absolute atomic E-state index is 11.1. The summed E-state index contributed by atoms with van der Waals surface area (Å²) in [5, 5.41) is 0. The first-order chi connectivity index (χ1) is 5.07. The molecule has 0 aromatic rings. The average molecular weight is 155 g/mol. The van der Waals surface area contributed by atoms with Crippen LogP contribution in [0, 0.1) is 0 Å². The van der Waals surface area contributed by atoms with Gasteiger partial charge < -0.3 is 4.90 Å². The highest BCUT2D eigenvalue weighted by atomic mass is 16.1. The second kappa shape index (κ2) is 4.94. The molecule has 0 spiro atoms. The molecular formula is C9H17NO. The maximum atomic E-state index is 11.1. The van der Waals surface area contributed by atoms with Gasteiger partial charge in [-0.2, -0.15) is 0 Å². The number of nitrogens with zero attached hydrogens (tertiary/aromatic N) is 1. The van der Waals surface area contributed by atoms with Crippen molar-refractivity contribution in [1.82, 2.24) is 4.90 Å². The Balaban J connectivity index is 3.97. The van der Waals surface area contributed by atoms with E-state index < -0.39 is 0 Å². The predicted molar refractivity (Wildman–Crippen MR) is 47.4 cm³/mol. The van der Waals surface area contributed by atoms with Crippen molar-refractivity contribution >= 4 is 5.78 Å². The number of rotatable bonds is 4. The Kier molecular flexibility index (Phi) is 4.59. The largest absolute Gasteiger partial charge is 0.381 e. The van der Waals surface area contributed by atoms with Gasteiger partial charge in [-0.25, -0.2) is 0 Å². The first-order valence-electron chi connectivity index (χ1n) is 3.96. The molecule has 0 aromatic carbocycles. The summed E-state index contributed by atoms with van der Waals surface area (Å²) in [6, 6.07) is 0. The lowest BCUT2D eigenvalue weighted by Crippen LogP contribution is -2.09. The number of hydrogen-bond donors (Lipinski definition) is 0. The summed E-state index contributed by atoms with van der Waals surface area (Å²) in [5.41, 5.74) is 1.02. The Bertz CT molecular complexity index is 159. The van der Waals surface area contributed by atoms with Crippen LogP contribution in [0.15, 0.2) is 11.8 Å². The van der Waals surface area contributed by atoms with Crippen molar-refractivity contribution in [3.63, 3.8) is 0 Å². The molecule has 0 rings (SSSR count). The van der Waals surface area contributed by atoms with Gasteiger partial charge in [0.15, 0.2) is 5.78 Å². The Labute approximate surface area is 68.9 Å². The van der Waals surface area contributed by atoms with Gasteiger partial charge in [-0.3, -0.25) is 4.79 Å². The molecule has 0 aliphatic heterocycles. The molecule has 2 nitrogen and oxygen atoms in total. The lowest BCUT2D eigenvalue weighted by atomic mass is 10.2. The fourth-order valence-corrected chi connectivity index (χ4v) is 0.681. The highest BCUT2D eigenvalue weighted by Gasteiger charge is 1.97. The van der Waals surface area contributed by atoms with Gasteiger partial charge in [0.25, 0.3) is 0 Å². The van der Waals surface area contributed by atoms with Crippen LogP contribution in [0.4, 0.5) is 0 Å². The highest BCUT2D eigenvalue weighted by molar-refractivity contribution is 5.90. The molecule has 64 valence electrons. The molecule has 0 heterocycles. The Morgan fingerprint density at radius 3 is 2.36 bits per heavy atom. The average Bonchev–Trinajstić information content (AvgIpc) is 1.87. The summed E-state index contributed by atoms with van der Waals surface area (Å²) in [6.07, 6.45) is 3.28. The summed E-state index contributed by atoms with van der Waals surface area (Å²) in [4.78, 5) is 13.0. The van der Waals surface area contributed by atoms with E-state index in [1.807, 2.05) is 32.8 Å². The Morgan fingerprint density at radius 1 is 1.45 bits per heavy atom. The fourth-order valence-electron chi connectivity index (χ4n) is 0.681. The molecule has 0 N–H and O–H groups in total. The minimum atomic E-state index is 0.221. The van der Waals surface area contributed by atoms with Crippen molar-refractivity contribution < 1.29 is 4.79 Å². The van der Waals surface area contributed by atoms with Crippen molar-refractivity contribution in [2.45, 2.75) is 26.7 Å². The number of carbonyl (C=O) groups is 1. The molecular weight excluding hydrogens is 138 g/mol. The first-order valence-corrected chi connectivity index (χ1v) is 3.96. The maximum Gasteiger partial charge on any atom is 0.157 e. The van der Waals surface area contributed by atoms with Crippen LogP contribution in [0.2, 0.25) is 0 Å². The van der Waals surface area contributed by atoms with Crippen LogP contribution < -0.4 is 0 Å². The zero-order valence-electron chi connectivity index (χ0n) is 7.85. The molecule has 0 aliphatic carbocycles. The third-order valence-corrected chi connectivity index (χ3v) is 1.57. The van der Waals surface area contributed by atoms with Gasteiger partial charge in [0.05, 0.1) is 0 Å². The van der Waals surface area contributed by atoms with E-state index in [2.05, 4.69) is 0 Å². The molecule has 0 fully saturated rings. The summed E-state index contributed by atoms with van der Waals surface area (Å²) in [7, 11) is 3.87. The van der Waals surface area contributed by atoms with Gasteiger partial charge in [0.2, 0.25) is 0 Å². The van der Waals surface area contributed by atoms with Crippen molar-refractivity contribution in [3.05, 3.63) is 11.8 Å². The van der Waals surface area contributed by atoms with E-state index in [1.165, 1.54) is 0 Å². The van der Waals surface area contributed by atoms with Gasteiger partial charge in [0.1, 0.15) is 0 Å². The topological polar surface area (TPSA) is 20.3 Å². The lowest BCUT2D eigenvalue weighted by Gasteiger charge is -2.11. The first kappa shape index (κ1) is 10.2. The molecule has 0 saturated heterocycles. The van der Waals surface area contributed by atoms with Crippen LogP contribution in [-0.4, -0.2) is 24.8 Å². The van der Waals surface area contributed by atoms with Crippen LogP contribution in [0.3, 0.4) is 0 Å². The molecule has 0 saturated carbocycles. The second-order valence-electron chi connectivity index (χ2n) is 2.90. The molecule has 0 atom stereocenters. The Hall–Kier alpha value is -0.790. The molecule has 0 radical (unpaired) electrons. The van der Waals surface area contributed by atoms with E-state index in [0.29, 0.717) is 6.42 Å². The number of allylic oxidation sites excluding steroid dienone is 2. The molecule has 0 unspecified atom stereocenters. The zero-order chi connectivity index (χ0) is 8.85. The number of ketones is 1. The van der Waals surface area contributed by atoms with Crippen LogP contribution in [-0.2, 0) is 4.79 Å². The van der Waals surface area contributed by atoms with Crippen molar-refractivity contribution in [2.24, 2.45) is 0 Å². The van der Waals surface area contributed by atoms with Crippen molar-refractivity contribution in [2.75, 3.05) is 14.1 Å². The number of hydrogen-bond acceptors (Lipinski definition) is 2. The minimum Gasteiger partial charge on any atom is -0.381 e. The lowest BCUT2D eigenvalue weighted by molar-refractivity contribution is -0.114. The summed E-state index contributed by atoms with van der Waals surface area (Å²) >= 11 is 0. The van der Waals surface area contributed by atoms with Gasteiger partial charge >= 0.3 is 0 Å². The molecule has 0 amide bonds. The molecule has 0 aliphatic rings. The third kappa shape index (κ3) is 4.59. The normalized spacial score (nSPS) is 11.5. The monoisotopic (exact) mass is 155 g/mol. The van der Waals surface area contributed by atoms with Gasteiger partial charge in [-0.1, -0.05) is 6.92 Å². The van der Waals surface area contributed by atoms with Crippen molar-refractivity contribution in [1.29, 1.82) is 0 Å². The molecule has 0 bridgehead atoms. The second-order valence-corrected chi connectivity index (χ2v) is 2.90. The number of carbonyl (C=O) groups excluding carboxylic acids is 1. The van der Waals surface area contributed by atoms with Crippen LogP contribution in [0.1, 0.15) is 26.7 Å². The van der Waals surface area contributed by atoms with Crippen LogP contribution in [0.5, 0.6) is 0 Å². The minimum absolute atomic E-state index is 0.221. The summed E-state index contributed by atoms with van der Waals surface area (Å²) in [6.45, 7) is 3.95. The summed E-state index contributed by atoms with van der Waals surface area (Å²) in [5.74, 6) is 0.221. The van der Waals surface area contributed by atoms with E-state index in [1.54, 1.807) is 6.08 Å².